The van der Waals surface area contributed by atoms with Crippen LogP contribution in [-0.4, -0.2) is 16.1 Å². The van der Waals surface area contributed by atoms with Gasteiger partial charge in [0.05, 0.1) is 5.92 Å². The summed E-state index contributed by atoms with van der Waals surface area (Å²) in [4.78, 5) is 15.5. The molecule has 0 bridgehead atoms. The molecule has 2 rings (SSSR count). The Hall–Kier alpha value is -1.68. The second kappa shape index (κ2) is 6.66. The molecule has 0 fully saturated rings. The van der Waals surface area contributed by atoms with Crippen LogP contribution < -0.4 is 0 Å². The van der Waals surface area contributed by atoms with Crippen molar-refractivity contribution in [1.29, 1.82) is 0 Å². The third kappa shape index (κ3) is 4.17. The Morgan fingerprint density at radius 2 is 1.85 bits per heavy atom. The molecule has 1 aromatic carbocycles. The molecule has 0 radical (unpaired) electrons. The Kier molecular flexibility index (Phi) is 4.90. The van der Waals surface area contributed by atoms with E-state index in [0.717, 1.165) is 15.6 Å². The van der Waals surface area contributed by atoms with Gasteiger partial charge in [-0.2, -0.15) is 0 Å². The van der Waals surface area contributed by atoms with Crippen LogP contribution in [-0.2, 0) is 17.6 Å². The van der Waals surface area contributed by atoms with E-state index < -0.39 is 11.9 Å². The van der Waals surface area contributed by atoms with Crippen molar-refractivity contribution in [1.82, 2.24) is 4.98 Å². The molecule has 1 unspecified atom stereocenters. The number of hydrogen-bond acceptors (Lipinski definition) is 2. The van der Waals surface area contributed by atoms with Crippen molar-refractivity contribution in [3.8, 4) is 0 Å². The fourth-order valence-electron chi connectivity index (χ4n) is 2.11. The molecule has 1 aromatic heterocycles. The summed E-state index contributed by atoms with van der Waals surface area (Å²) in [6.45, 7) is 2.02. The molecular weight excluding hydrogens is 318 g/mol. The maximum Gasteiger partial charge on any atom is 0.307 e. The zero-order chi connectivity index (χ0) is 14.5. The number of hydrogen-bond donors (Lipinski definition) is 1. The van der Waals surface area contributed by atoms with Crippen molar-refractivity contribution in [2.45, 2.75) is 19.8 Å². The molecule has 1 N–H and O–H groups in total. The number of aliphatic carboxylic acids is 1. The third-order valence-corrected chi connectivity index (χ3v) is 3.63. The van der Waals surface area contributed by atoms with Crippen LogP contribution in [0.25, 0.3) is 0 Å². The highest BCUT2D eigenvalue weighted by Gasteiger charge is 2.18. The minimum atomic E-state index is -0.773. The molecule has 0 saturated carbocycles. The van der Waals surface area contributed by atoms with Crippen molar-refractivity contribution in [2.75, 3.05) is 0 Å². The lowest BCUT2D eigenvalue weighted by Gasteiger charge is -2.12. The van der Waals surface area contributed by atoms with Crippen molar-refractivity contribution in [3.05, 3.63) is 63.9 Å². The van der Waals surface area contributed by atoms with E-state index in [2.05, 4.69) is 20.9 Å². The number of benzene rings is 1. The zero-order valence-corrected chi connectivity index (χ0v) is 12.8. The summed E-state index contributed by atoms with van der Waals surface area (Å²) in [5, 5.41) is 9.39. The van der Waals surface area contributed by atoms with Gasteiger partial charge in [0.2, 0.25) is 0 Å². The number of carbonyl (C=O) groups is 1. The van der Waals surface area contributed by atoms with Gasteiger partial charge in [-0.25, -0.2) is 0 Å². The largest absolute Gasteiger partial charge is 0.481 e. The first-order chi connectivity index (χ1) is 9.54. The molecule has 2 aromatic rings. The van der Waals surface area contributed by atoms with Crippen LogP contribution in [0.1, 0.15) is 16.7 Å². The lowest BCUT2D eigenvalue weighted by molar-refractivity contribution is -0.141. The standard InChI is InChI=1S/C16H16BrNO2/c1-11-2-4-12(5-3-11)6-14(16(19)20)7-13-8-15(17)10-18-9-13/h2-5,8-10,14H,6-7H2,1H3,(H,19,20). The molecule has 1 atom stereocenters. The SMILES string of the molecule is Cc1ccc(CC(Cc2cncc(Br)c2)C(=O)O)cc1. The third-order valence-electron chi connectivity index (χ3n) is 3.20. The average molecular weight is 334 g/mol. The molecule has 4 heteroatoms. The van der Waals surface area contributed by atoms with Crippen LogP contribution in [0.15, 0.2) is 47.2 Å². The fourth-order valence-corrected chi connectivity index (χ4v) is 2.52. The molecule has 3 nitrogen and oxygen atoms in total. The van der Waals surface area contributed by atoms with E-state index in [-0.39, 0.29) is 0 Å². The highest BCUT2D eigenvalue weighted by molar-refractivity contribution is 9.10. The predicted octanol–water partition coefficient (Wildman–Crippen LogP) is 3.64. The van der Waals surface area contributed by atoms with Crippen molar-refractivity contribution >= 4 is 21.9 Å². The molecule has 20 heavy (non-hydrogen) atoms. The summed E-state index contributed by atoms with van der Waals surface area (Å²) in [5.41, 5.74) is 3.15. The van der Waals surface area contributed by atoms with Gasteiger partial charge in [0.25, 0.3) is 0 Å². The number of aryl methyl sites for hydroxylation is 1. The van der Waals surface area contributed by atoms with Gasteiger partial charge < -0.3 is 5.11 Å². The van der Waals surface area contributed by atoms with Gasteiger partial charge in [-0.1, -0.05) is 29.8 Å². The first-order valence-electron chi connectivity index (χ1n) is 6.42. The Labute approximate surface area is 126 Å². The number of rotatable bonds is 5. The highest BCUT2D eigenvalue weighted by atomic mass is 79.9. The number of aromatic nitrogens is 1. The van der Waals surface area contributed by atoms with Crippen LogP contribution in [0, 0.1) is 12.8 Å². The van der Waals surface area contributed by atoms with Crippen molar-refractivity contribution < 1.29 is 9.90 Å². The molecular formula is C16H16BrNO2. The quantitative estimate of drug-likeness (QED) is 0.908. The summed E-state index contributed by atoms with van der Waals surface area (Å²) in [6, 6.07) is 9.91. The lowest BCUT2D eigenvalue weighted by atomic mass is 9.93. The first-order valence-corrected chi connectivity index (χ1v) is 7.21. The molecule has 104 valence electrons. The van der Waals surface area contributed by atoms with Gasteiger partial charge in [-0.3, -0.25) is 9.78 Å². The smallest absolute Gasteiger partial charge is 0.307 e. The van der Waals surface area contributed by atoms with Crippen LogP contribution in [0.4, 0.5) is 0 Å². The van der Waals surface area contributed by atoms with Crippen LogP contribution in [0.3, 0.4) is 0 Å². The Morgan fingerprint density at radius 3 is 2.45 bits per heavy atom. The summed E-state index contributed by atoms with van der Waals surface area (Å²) in [7, 11) is 0. The zero-order valence-electron chi connectivity index (χ0n) is 11.2. The van der Waals surface area contributed by atoms with Gasteiger partial charge in [-0.15, -0.1) is 0 Å². The number of carboxylic acids is 1. The molecule has 0 spiro atoms. The number of nitrogens with zero attached hydrogens (tertiary/aromatic N) is 1. The van der Waals surface area contributed by atoms with E-state index in [1.807, 2.05) is 37.3 Å². The van der Waals surface area contributed by atoms with Crippen LogP contribution >= 0.6 is 15.9 Å². The first kappa shape index (κ1) is 14.7. The highest BCUT2D eigenvalue weighted by Crippen LogP contribution is 2.18. The maximum atomic E-state index is 11.4. The monoisotopic (exact) mass is 333 g/mol. The van der Waals surface area contributed by atoms with E-state index in [1.165, 1.54) is 5.56 Å². The summed E-state index contributed by atoms with van der Waals surface area (Å²) in [6.07, 6.45) is 4.42. The minimum Gasteiger partial charge on any atom is -0.481 e. The molecule has 0 amide bonds. The minimum absolute atomic E-state index is 0.436. The maximum absolute atomic E-state index is 11.4. The van der Waals surface area contributed by atoms with E-state index in [1.54, 1.807) is 12.4 Å². The van der Waals surface area contributed by atoms with E-state index >= 15 is 0 Å². The number of halogens is 1. The molecule has 0 aliphatic rings. The normalized spacial score (nSPS) is 12.1. The molecule has 0 aliphatic carbocycles. The van der Waals surface area contributed by atoms with Crippen molar-refractivity contribution in [3.63, 3.8) is 0 Å². The van der Waals surface area contributed by atoms with E-state index in [4.69, 9.17) is 0 Å². The second-order valence-electron chi connectivity index (χ2n) is 4.94. The van der Waals surface area contributed by atoms with Gasteiger partial charge in [-0.05, 0) is 52.9 Å². The fraction of sp³-hybridized carbons (Fsp3) is 0.250. The summed E-state index contributed by atoms with van der Waals surface area (Å²) >= 11 is 3.35. The van der Waals surface area contributed by atoms with Crippen LogP contribution in [0.5, 0.6) is 0 Å². The lowest BCUT2D eigenvalue weighted by Crippen LogP contribution is -2.19. The predicted molar refractivity (Wildman–Crippen MR) is 81.6 cm³/mol. The Morgan fingerprint density at radius 1 is 1.20 bits per heavy atom. The summed E-state index contributed by atoms with van der Waals surface area (Å²) < 4.78 is 0.870. The Bertz CT molecular complexity index is 596. The number of carboxylic acid groups (broad SMARTS) is 1. The van der Waals surface area contributed by atoms with Gasteiger partial charge in [0.15, 0.2) is 0 Å². The molecule has 0 aliphatic heterocycles. The van der Waals surface area contributed by atoms with Gasteiger partial charge in [0.1, 0.15) is 0 Å². The van der Waals surface area contributed by atoms with Gasteiger partial charge in [0, 0.05) is 16.9 Å². The summed E-state index contributed by atoms with van der Waals surface area (Å²) in [5.74, 6) is -1.21. The van der Waals surface area contributed by atoms with Crippen LogP contribution in [0.2, 0.25) is 0 Å². The molecule has 0 saturated heterocycles. The van der Waals surface area contributed by atoms with Crippen molar-refractivity contribution in [2.24, 2.45) is 5.92 Å². The van der Waals surface area contributed by atoms with E-state index in [0.29, 0.717) is 12.8 Å². The topological polar surface area (TPSA) is 50.2 Å². The Balaban J connectivity index is 2.11. The van der Waals surface area contributed by atoms with E-state index in [9.17, 15) is 9.90 Å². The molecule has 1 heterocycles. The average Bonchev–Trinajstić information content (AvgIpc) is 2.40. The van der Waals surface area contributed by atoms with Gasteiger partial charge >= 0.3 is 5.97 Å². The second-order valence-corrected chi connectivity index (χ2v) is 5.86. The number of pyridine rings is 1.